The summed E-state index contributed by atoms with van der Waals surface area (Å²) in [5.41, 5.74) is 5.80. The van der Waals surface area contributed by atoms with Gasteiger partial charge in [-0.2, -0.15) is 8.42 Å². The number of nitrogens with two attached hydrogens (primary N) is 1. The molecule has 0 radical (unpaired) electrons. The molecule has 0 aliphatic rings. The molecule has 24 heavy (non-hydrogen) atoms. The highest BCUT2D eigenvalue weighted by molar-refractivity contribution is 9.10. The maximum Gasteiger partial charge on any atom is 0.287 e. The third kappa shape index (κ3) is 7.22. The molecular weight excluding hydrogens is 425 g/mol. The van der Waals surface area contributed by atoms with Crippen LogP contribution in [0.4, 0.5) is 4.39 Å². The Bertz CT molecular complexity index is 872. The Labute approximate surface area is 151 Å². The molecule has 2 aromatic rings. The molecule has 0 heterocycles. The van der Waals surface area contributed by atoms with Crippen molar-refractivity contribution in [3.05, 3.63) is 74.3 Å². The maximum atomic E-state index is 12.4. The molecule has 9 heteroatoms. The van der Waals surface area contributed by atoms with Crippen molar-refractivity contribution in [3.8, 4) is 0 Å². The highest BCUT2D eigenvalue weighted by Crippen LogP contribution is 2.17. The maximum absolute atomic E-state index is 12.4. The molecule has 128 valence electrons. The first-order valence-electron chi connectivity index (χ1n) is 6.25. The largest absolute Gasteiger partial charge is 0.366 e. The molecular formula is C15H12BrClFNO4S. The van der Waals surface area contributed by atoms with Crippen molar-refractivity contribution in [1.29, 1.82) is 0 Å². The van der Waals surface area contributed by atoms with Crippen LogP contribution in [0.2, 0.25) is 5.02 Å². The molecule has 0 saturated carbocycles. The van der Waals surface area contributed by atoms with Gasteiger partial charge in [-0.15, -0.1) is 0 Å². The van der Waals surface area contributed by atoms with Crippen molar-refractivity contribution in [2.45, 2.75) is 0 Å². The Kier molecular flexibility index (Phi) is 7.56. The molecule has 0 atom stereocenters. The predicted molar refractivity (Wildman–Crippen MR) is 94.7 cm³/mol. The zero-order valence-electron chi connectivity index (χ0n) is 12.0. The Morgan fingerprint density at radius 2 is 1.88 bits per heavy atom. The third-order valence-corrected chi connectivity index (χ3v) is 4.00. The molecule has 0 aliphatic carbocycles. The monoisotopic (exact) mass is 435 g/mol. The lowest BCUT2D eigenvalue weighted by Crippen LogP contribution is -2.11. The van der Waals surface area contributed by atoms with E-state index in [1.807, 2.05) is 0 Å². The van der Waals surface area contributed by atoms with Crippen LogP contribution in [0.1, 0.15) is 15.9 Å². The quantitative estimate of drug-likeness (QED) is 0.713. The molecule has 2 aromatic carbocycles. The minimum atomic E-state index is -4.08. The molecule has 0 unspecified atom stereocenters. The number of hydrogen-bond donors (Lipinski definition) is 2. The van der Waals surface area contributed by atoms with Crippen LogP contribution in [-0.4, -0.2) is 18.9 Å². The van der Waals surface area contributed by atoms with Crippen molar-refractivity contribution in [3.63, 3.8) is 0 Å². The second-order valence-corrected chi connectivity index (χ2v) is 6.89. The number of carbonyl (C=O) groups is 1. The average Bonchev–Trinajstić information content (AvgIpc) is 2.45. The first-order chi connectivity index (χ1) is 11.1. The van der Waals surface area contributed by atoms with Crippen molar-refractivity contribution in [1.82, 2.24) is 0 Å². The number of carbonyl (C=O) groups excluding carboxylic acids is 1. The van der Waals surface area contributed by atoms with Crippen molar-refractivity contribution < 1.29 is 22.2 Å². The fourth-order valence-corrected chi connectivity index (χ4v) is 2.52. The average molecular weight is 437 g/mol. The number of amides is 1. The van der Waals surface area contributed by atoms with E-state index >= 15 is 0 Å². The smallest absolute Gasteiger partial charge is 0.287 e. The van der Waals surface area contributed by atoms with Crippen molar-refractivity contribution >= 4 is 49.6 Å². The molecule has 0 spiro atoms. The second-order valence-electron chi connectivity index (χ2n) is 4.33. The third-order valence-electron chi connectivity index (χ3n) is 2.52. The van der Waals surface area contributed by atoms with Crippen LogP contribution in [0.3, 0.4) is 0 Å². The zero-order chi connectivity index (χ0) is 18.3. The summed E-state index contributed by atoms with van der Waals surface area (Å²) in [6, 6.07) is 10.4. The van der Waals surface area contributed by atoms with Gasteiger partial charge in [0.2, 0.25) is 5.91 Å². The standard InChI is InChI=1S/C8H7ClO3S.C7H5BrFNO/c9-8-4-2-1-3-7(8)5-6-13(10,11)12;8-6-3-4(9)1-2-5(6)7(10)11/h1-6H,(H,10,11,12);1-3H,(H2,10,11)/b6-5+;. The summed E-state index contributed by atoms with van der Waals surface area (Å²) < 4.78 is 41.9. The topological polar surface area (TPSA) is 97.5 Å². The Balaban J connectivity index is 0.000000243. The summed E-state index contributed by atoms with van der Waals surface area (Å²) in [7, 11) is -4.08. The van der Waals surface area contributed by atoms with Crippen LogP contribution in [0.15, 0.2) is 52.3 Å². The molecule has 5 nitrogen and oxygen atoms in total. The number of benzene rings is 2. The van der Waals surface area contributed by atoms with Crippen LogP contribution in [0.25, 0.3) is 6.08 Å². The van der Waals surface area contributed by atoms with E-state index in [9.17, 15) is 17.6 Å². The summed E-state index contributed by atoms with van der Waals surface area (Å²) in [5, 5.41) is 1.12. The van der Waals surface area contributed by atoms with Gasteiger partial charge in [0.15, 0.2) is 0 Å². The molecule has 2 rings (SSSR count). The number of hydrogen-bond acceptors (Lipinski definition) is 3. The highest BCUT2D eigenvalue weighted by Gasteiger charge is 2.05. The number of primary amides is 1. The summed E-state index contributed by atoms with van der Waals surface area (Å²) in [5.74, 6) is -0.973. The van der Waals surface area contributed by atoms with Gasteiger partial charge in [0, 0.05) is 9.50 Å². The van der Waals surface area contributed by atoms with Crippen LogP contribution >= 0.6 is 27.5 Å². The van der Waals surface area contributed by atoms with Gasteiger partial charge in [0.1, 0.15) is 5.82 Å². The van der Waals surface area contributed by atoms with Crippen LogP contribution in [0, 0.1) is 5.82 Å². The minimum Gasteiger partial charge on any atom is -0.366 e. The Morgan fingerprint density at radius 1 is 1.25 bits per heavy atom. The first kappa shape index (κ1) is 20.3. The van der Waals surface area contributed by atoms with E-state index in [-0.39, 0.29) is 5.56 Å². The zero-order valence-corrected chi connectivity index (χ0v) is 15.1. The number of rotatable bonds is 3. The highest BCUT2D eigenvalue weighted by atomic mass is 79.9. The SMILES string of the molecule is NC(=O)c1ccc(F)cc1Br.O=S(=O)(O)/C=C/c1ccccc1Cl. The minimum absolute atomic E-state index is 0.284. The van der Waals surface area contributed by atoms with Gasteiger partial charge in [-0.3, -0.25) is 9.35 Å². The summed E-state index contributed by atoms with van der Waals surface area (Å²) in [4.78, 5) is 10.6. The molecule has 0 aromatic heterocycles. The second kappa shape index (κ2) is 8.93. The lowest BCUT2D eigenvalue weighted by Gasteiger charge is -1.97. The van der Waals surface area contributed by atoms with Gasteiger partial charge in [0.25, 0.3) is 10.1 Å². The van der Waals surface area contributed by atoms with Gasteiger partial charge in [-0.25, -0.2) is 4.39 Å². The van der Waals surface area contributed by atoms with E-state index in [0.29, 0.717) is 20.5 Å². The lowest BCUT2D eigenvalue weighted by molar-refractivity contribution is 0.0999. The summed E-state index contributed by atoms with van der Waals surface area (Å²) in [6.07, 6.45) is 1.23. The van der Waals surface area contributed by atoms with Crippen molar-refractivity contribution in [2.75, 3.05) is 0 Å². The normalized spacial score (nSPS) is 11.0. The van der Waals surface area contributed by atoms with Gasteiger partial charge < -0.3 is 5.73 Å². The van der Waals surface area contributed by atoms with E-state index in [2.05, 4.69) is 15.9 Å². The molecule has 3 N–H and O–H groups in total. The fraction of sp³-hybridized carbons (Fsp3) is 0. The van der Waals surface area contributed by atoms with Gasteiger partial charge in [0.05, 0.1) is 11.0 Å². The van der Waals surface area contributed by atoms with Gasteiger partial charge in [-0.05, 0) is 51.8 Å². The molecule has 1 amide bonds. The van der Waals surface area contributed by atoms with E-state index in [1.54, 1.807) is 24.3 Å². The lowest BCUT2D eigenvalue weighted by atomic mass is 10.2. The number of halogens is 3. The van der Waals surface area contributed by atoms with E-state index in [0.717, 1.165) is 0 Å². The molecule has 0 aliphatic heterocycles. The van der Waals surface area contributed by atoms with E-state index in [4.69, 9.17) is 21.9 Å². The van der Waals surface area contributed by atoms with Crippen molar-refractivity contribution in [2.24, 2.45) is 5.73 Å². The molecule has 0 saturated heterocycles. The summed E-state index contributed by atoms with van der Waals surface area (Å²) in [6.45, 7) is 0. The van der Waals surface area contributed by atoms with Crippen LogP contribution in [-0.2, 0) is 10.1 Å². The predicted octanol–water partition coefficient (Wildman–Crippen LogP) is 3.89. The first-order valence-corrected chi connectivity index (χ1v) is 8.92. The Hall–Kier alpha value is -1.74. The fourth-order valence-electron chi connectivity index (χ4n) is 1.46. The molecule has 0 bridgehead atoms. The summed E-state index contributed by atoms with van der Waals surface area (Å²) >= 11 is 8.73. The van der Waals surface area contributed by atoms with E-state index in [1.165, 1.54) is 24.3 Å². The van der Waals surface area contributed by atoms with Gasteiger partial charge >= 0.3 is 0 Å². The Morgan fingerprint density at radius 3 is 2.38 bits per heavy atom. The van der Waals surface area contributed by atoms with E-state index < -0.39 is 21.8 Å². The van der Waals surface area contributed by atoms with Crippen LogP contribution in [0.5, 0.6) is 0 Å². The molecule has 0 fully saturated rings. The van der Waals surface area contributed by atoms with Gasteiger partial charge in [-0.1, -0.05) is 29.8 Å². The van der Waals surface area contributed by atoms with Crippen LogP contribution < -0.4 is 5.73 Å².